The number of amides is 3. The van der Waals surface area contributed by atoms with Gasteiger partial charge in [-0.3, -0.25) is 19.7 Å². The number of hydrogen-bond donors (Lipinski definition) is 2. The van der Waals surface area contributed by atoms with Gasteiger partial charge in [0.1, 0.15) is 6.04 Å². The number of carbonyl (C=O) groups excluding carboxylic acids is 3. The molecule has 2 aromatic rings. The number of thioether (sulfide) groups is 1. The monoisotopic (exact) mass is 527 g/mol. The summed E-state index contributed by atoms with van der Waals surface area (Å²) < 4.78 is 0. The van der Waals surface area contributed by atoms with Crippen molar-refractivity contribution in [3.63, 3.8) is 0 Å². The van der Waals surface area contributed by atoms with Crippen LogP contribution in [-0.4, -0.2) is 40.7 Å². The molecular formula is C31H33N3O3S. The van der Waals surface area contributed by atoms with Gasteiger partial charge in [-0.1, -0.05) is 30.3 Å². The Morgan fingerprint density at radius 3 is 2.63 bits per heavy atom. The van der Waals surface area contributed by atoms with Gasteiger partial charge in [0, 0.05) is 34.7 Å². The maximum atomic E-state index is 13.1. The molecule has 1 saturated heterocycles. The van der Waals surface area contributed by atoms with Gasteiger partial charge in [-0.25, -0.2) is 0 Å². The summed E-state index contributed by atoms with van der Waals surface area (Å²) in [4.78, 5) is 39.7. The summed E-state index contributed by atoms with van der Waals surface area (Å²) >= 11 is 1.74. The first-order valence-corrected chi connectivity index (χ1v) is 15.2. The largest absolute Gasteiger partial charge is 0.322 e. The minimum Gasteiger partial charge on any atom is -0.322 e. The highest BCUT2D eigenvalue weighted by atomic mass is 32.2. The third-order valence-electron chi connectivity index (χ3n) is 11.0. The maximum Gasteiger partial charge on any atom is 0.255 e. The van der Waals surface area contributed by atoms with Gasteiger partial charge in [0.2, 0.25) is 11.8 Å². The van der Waals surface area contributed by atoms with Crippen molar-refractivity contribution in [1.29, 1.82) is 0 Å². The third-order valence-corrected chi connectivity index (χ3v) is 12.2. The zero-order valence-corrected chi connectivity index (χ0v) is 22.3. The molecule has 196 valence electrons. The second kappa shape index (κ2) is 8.18. The first-order chi connectivity index (χ1) is 18.5. The molecule has 5 aliphatic carbocycles. The second-order valence-electron chi connectivity index (χ2n) is 12.5. The lowest BCUT2D eigenvalue weighted by atomic mass is 9.32. The van der Waals surface area contributed by atoms with Crippen LogP contribution >= 0.6 is 11.8 Å². The number of hydrogen-bond acceptors (Lipinski definition) is 5. The van der Waals surface area contributed by atoms with Gasteiger partial charge in [0.25, 0.3) is 5.91 Å². The average Bonchev–Trinajstić information content (AvgIpc) is 3.38. The van der Waals surface area contributed by atoms with E-state index in [0.717, 1.165) is 52.3 Å². The summed E-state index contributed by atoms with van der Waals surface area (Å²) in [5.41, 5.74) is 5.61. The lowest BCUT2D eigenvalue weighted by Crippen LogP contribution is -2.74. The van der Waals surface area contributed by atoms with Gasteiger partial charge < -0.3 is 10.2 Å². The Morgan fingerprint density at radius 1 is 1.03 bits per heavy atom. The highest BCUT2D eigenvalue weighted by Crippen LogP contribution is 2.87. The van der Waals surface area contributed by atoms with E-state index < -0.39 is 6.04 Å². The van der Waals surface area contributed by atoms with E-state index in [2.05, 4.69) is 41.0 Å². The minimum atomic E-state index is -0.577. The zero-order valence-electron chi connectivity index (χ0n) is 21.5. The quantitative estimate of drug-likeness (QED) is 0.400. The molecule has 7 heteroatoms. The van der Waals surface area contributed by atoms with Crippen molar-refractivity contribution < 1.29 is 14.4 Å². The number of benzene rings is 2. The fourth-order valence-corrected chi connectivity index (χ4v) is 10.2. The number of carbonyl (C=O) groups is 3. The molecule has 2 aromatic carbocycles. The van der Waals surface area contributed by atoms with Crippen molar-refractivity contribution in [1.82, 2.24) is 15.5 Å². The van der Waals surface area contributed by atoms with Crippen LogP contribution < -0.4 is 10.6 Å². The van der Waals surface area contributed by atoms with Gasteiger partial charge in [-0.2, -0.15) is 0 Å². The van der Waals surface area contributed by atoms with Gasteiger partial charge in [0.05, 0.1) is 0 Å². The van der Waals surface area contributed by atoms with Crippen LogP contribution in [0.2, 0.25) is 0 Å². The van der Waals surface area contributed by atoms with E-state index in [0.29, 0.717) is 24.1 Å². The normalized spacial score (nSPS) is 35.7. The fraction of sp³-hybridized carbons (Fsp3) is 0.516. The van der Waals surface area contributed by atoms with E-state index in [1.807, 2.05) is 12.1 Å². The molecule has 6 atom stereocenters. The van der Waals surface area contributed by atoms with Crippen molar-refractivity contribution in [2.24, 2.45) is 23.2 Å². The van der Waals surface area contributed by atoms with Crippen LogP contribution in [0, 0.1) is 23.2 Å². The molecule has 2 heterocycles. The van der Waals surface area contributed by atoms with E-state index in [4.69, 9.17) is 0 Å². The van der Waals surface area contributed by atoms with Crippen molar-refractivity contribution in [3.8, 4) is 0 Å². The summed E-state index contributed by atoms with van der Waals surface area (Å²) in [6.07, 6.45) is 7.63. The molecule has 7 aliphatic rings. The van der Waals surface area contributed by atoms with Gasteiger partial charge in [0.15, 0.2) is 0 Å². The Morgan fingerprint density at radius 2 is 1.87 bits per heavy atom. The van der Waals surface area contributed by atoms with Crippen molar-refractivity contribution in [2.75, 3.05) is 6.54 Å². The highest BCUT2D eigenvalue weighted by molar-refractivity contribution is 7.98. The molecule has 5 saturated carbocycles. The van der Waals surface area contributed by atoms with E-state index >= 15 is 0 Å². The lowest BCUT2D eigenvalue weighted by molar-refractivity contribution is -0.239. The van der Waals surface area contributed by atoms with E-state index in [-0.39, 0.29) is 24.1 Å². The first-order valence-electron chi connectivity index (χ1n) is 14.2. The number of nitrogens with zero attached hydrogens (tertiary/aromatic N) is 1. The summed E-state index contributed by atoms with van der Waals surface area (Å²) in [7, 11) is 0. The van der Waals surface area contributed by atoms with E-state index in [9.17, 15) is 14.4 Å². The van der Waals surface area contributed by atoms with Crippen LogP contribution in [0.15, 0.2) is 47.4 Å². The molecule has 6 unspecified atom stereocenters. The van der Waals surface area contributed by atoms with Crippen LogP contribution in [-0.2, 0) is 28.3 Å². The predicted molar refractivity (Wildman–Crippen MR) is 144 cm³/mol. The van der Waals surface area contributed by atoms with Crippen molar-refractivity contribution >= 4 is 29.5 Å². The van der Waals surface area contributed by atoms with Crippen molar-refractivity contribution in [3.05, 3.63) is 64.7 Å². The first kappa shape index (κ1) is 23.3. The smallest absolute Gasteiger partial charge is 0.255 e. The molecule has 1 spiro atoms. The standard InChI is InChI=1S/C31H33N3O3S/c35-27-9-8-24(28(36)33-27)34-15-23-22(29(34)37)2-1-3-25(23)38-16-19-6-4-18(5-7-19)10-11-32-30-14-21-12-20-13-26(30)31(20,21)17-30/h1-7,20-21,24,26,32H,8-17H2,(H,33,35,36). The molecule has 38 heavy (non-hydrogen) atoms. The average molecular weight is 528 g/mol. The van der Waals surface area contributed by atoms with Crippen LogP contribution in [0.3, 0.4) is 0 Å². The molecule has 6 nitrogen and oxygen atoms in total. The van der Waals surface area contributed by atoms with Gasteiger partial charge in [-0.15, -0.1) is 11.8 Å². The summed E-state index contributed by atoms with van der Waals surface area (Å²) in [6, 6.07) is 14.2. The second-order valence-corrected chi connectivity index (χ2v) is 13.5. The van der Waals surface area contributed by atoms with Crippen molar-refractivity contribution in [2.45, 2.75) is 73.7 Å². The molecule has 6 fully saturated rings. The Balaban J connectivity index is 0.871. The molecule has 3 amide bonds. The summed E-state index contributed by atoms with van der Waals surface area (Å²) in [5, 5.41) is 6.38. The molecule has 9 rings (SSSR count). The van der Waals surface area contributed by atoms with Crippen LogP contribution in [0.5, 0.6) is 0 Å². The molecular weight excluding hydrogens is 494 g/mol. The summed E-state index contributed by atoms with van der Waals surface area (Å²) in [5.74, 6) is 3.20. The molecule has 2 N–H and O–H groups in total. The van der Waals surface area contributed by atoms with Crippen LogP contribution in [0.1, 0.15) is 65.6 Å². The molecule has 0 aromatic heterocycles. The topological polar surface area (TPSA) is 78.5 Å². The Hall–Kier alpha value is -2.64. The van der Waals surface area contributed by atoms with Gasteiger partial charge >= 0.3 is 0 Å². The predicted octanol–water partition coefficient (Wildman–Crippen LogP) is 4.06. The van der Waals surface area contributed by atoms with Crippen LogP contribution in [0.4, 0.5) is 0 Å². The van der Waals surface area contributed by atoms with Gasteiger partial charge in [-0.05, 0) is 97.1 Å². The minimum absolute atomic E-state index is 0.117. The lowest BCUT2D eigenvalue weighted by Gasteiger charge is -2.74. The summed E-state index contributed by atoms with van der Waals surface area (Å²) in [6.45, 7) is 1.49. The number of imide groups is 1. The third kappa shape index (κ3) is 3.15. The Bertz CT molecular complexity index is 1370. The molecule has 0 radical (unpaired) electrons. The molecule has 2 aliphatic heterocycles. The fourth-order valence-electron chi connectivity index (χ4n) is 9.17. The van der Waals surface area contributed by atoms with E-state index in [1.165, 1.54) is 36.8 Å². The van der Waals surface area contributed by atoms with Crippen LogP contribution in [0.25, 0.3) is 0 Å². The number of rotatable bonds is 8. The number of piperidine rings is 1. The Labute approximate surface area is 227 Å². The zero-order chi connectivity index (χ0) is 25.6. The maximum absolute atomic E-state index is 13.1. The number of fused-ring (bicyclic) bond motifs is 1. The Kier molecular flexibility index (Phi) is 5.01. The number of nitrogens with one attached hydrogen (secondary N) is 2. The highest BCUT2D eigenvalue weighted by Gasteiger charge is 2.84. The SMILES string of the molecule is O=C1CCC(N2Cc3c(SCc4ccc(CCNC56CC7CC8CC5C87C6)cc4)cccc3C2=O)C(=O)N1. The van der Waals surface area contributed by atoms with E-state index in [1.54, 1.807) is 16.7 Å². The molecule has 2 bridgehead atoms.